The van der Waals surface area contributed by atoms with Crippen molar-refractivity contribution in [2.24, 2.45) is 0 Å². The summed E-state index contributed by atoms with van der Waals surface area (Å²) < 4.78 is 60.0. The summed E-state index contributed by atoms with van der Waals surface area (Å²) in [6.07, 6.45) is 3.29. The molecule has 0 aliphatic carbocycles. The van der Waals surface area contributed by atoms with Gasteiger partial charge in [-0.1, -0.05) is 30.3 Å². The minimum Gasteiger partial charge on any atom is -0.338 e. The predicted molar refractivity (Wildman–Crippen MR) is 84.7 cm³/mol. The lowest BCUT2D eigenvalue weighted by Gasteiger charge is -2.07. The smallest absolute Gasteiger partial charge is 0.338 e. The Labute approximate surface area is 135 Å². The van der Waals surface area contributed by atoms with Crippen molar-refractivity contribution in [3.63, 3.8) is 0 Å². The standard InChI is InChI=1S/C16H11F3N2O2S/c17-16(18,19)24(22,23)12-8-5-11(6-9-12)7-10-15-20-13-3-1-2-4-14(13)21-15/h1-10H,(H,20,21). The van der Waals surface area contributed by atoms with Crippen LogP contribution in [0.2, 0.25) is 0 Å². The molecule has 0 bridgehead atoms. The molecule has 0 saturated heterocycles. The molecule has 8 heteroatoms. The Kier molecular flexibility index (Phi) is 3.92. The maximum Gasteiger partial charge on any atom is 0.501 e. The quantitative estimate of drug-likeness (QED) is 0.774. The Hall–Kier alpha value is -2.61. The molecule has 0 amide bonds. The Balaban J connectivity index is 1.84. The summed E-state index contributed by atoms with van der Waals surface area (Å²) in [5.41, 5.74) is -3.09. The van der Waals surface area contributed by atoms with Crippen molar-refractivity contribution in [2.45, 2.75) is 10.4 Å². The van der Waals surface area contributed by atoms with Gasteiger partial charge in [0, 0.05) is 0 Å². The van der Waals surface area contributed by atoms with Gasteiger partial charge in [0.25, 0.3) is 9.84 Å². The van der Waals surface area contributed by atoms with Crippen LogP contribution in [-0.2, 0) is 9.84 Å². The van der Waals surface area contributed by atoms with Gasteiger partial charge in [-0.05, 0) is 35.9 Å². The van der Waals surface area contributed by atoms with Gasteiger partial charge in [0.1, 0.15) is 5.82 Å². The van der Waals surface area contributed by atoms with Gasteiger partial charge in [-0.3, -0.25) is 0 Å². The van der Waals surface area contributed by atoms with Crippen molar-refractivity contribution in [1.82, 2.24) is 9.97 Å². The molecule has 2 aromatic carbocycles. The molecule has 24 heavy (non-hydrogen) atoms. The highest BCUT2D eigenvalue weighted by molar-refractivity contribution is 7.92. The first-order valence-electron chi connectivity index (χ1n) is 6.82. The van der Waals surface area contributed by atoms with Gasteiger partial charge in [-0.15, -0.1) is 0 Å². The molecular weight excluding hydrogens is 341 g/mol. The number of hydrogen-bond donors (Lipinski definition) is 1. The monoisotopic (exact) mass is 352 g/mol. The fourth-order valence-corrected chi connectivity index (χ4v) is 2.88. The molecule has 0 radical (unpaired) electrons. The average molecular weight is 352 g/mol. The number of aromatic nitrogens is 2. The molecule has 1 N–H and O–H groups in total. The molecule has 124 valence electrons. The number of alkyl halides is 3. The van der Waals surface area contributed by atoms with Crippen LogP contribution in [0.25, 0.3) is 23.2 Å². The Morgan fingerprint density at radius 3 is 2.25 bits per heavy atom. The highest BCUT2D eigenvalue weighted by atomic mass is 32.2. The van der Waals surface area contributed by atoms with Crippen LogP contribution >= 0.6 is 0 Å². The second kappa shape index (κ2) is 5.79. The van der Waals surface area contributed by atoms with Crippen molar-refractivity contribution in [2.75, 3.05) is 0 Å². The van der Waals surface area contributed by atoms with Crippen molar-refractivity contribution in [3.05, 3.63) is 59.9 Å². The van der Waals surface area contributed by atoms with Crippen LogP contribution < -0.4 is 0 Å². The summed E-state index contributed by atoms with van der Waals surface area (Å²) in [5.74, 6) is 0.586. The van der Waals surface area contributed by atoms with E-state index < -0.39 is 20.2 Å². The average Bonchev–Trinajstić information content (AvgIpc) is 2.95. The van der Waals surface area contributed by atoms with Gasteiger partial charge in [0.2, 0.25) is 0 Å². The fourth-order valence-electron chi connectivity index (χ4n) is 2.12. The van der Waals surface area contributed by atoms with E-state index in [1.807, 2.05) is 24.3 Å². The predicted octanol–water partition coefficient (Wildman–Crippen LogP) is 4.03. The molecule has 3 rings (SSSR count). The molecule has 0 saturated carbocycles. The van der Waals surface area contributed by atoms with Crippen LogP contribution in [0.5, 0.6) is 0 Å². The van der Waals surface area contributed by atoms with E-state index in [-0.39, 0.29) is 0 Å². The van der Waals surface area contributed by atoms with E-state index in [9.17, 15) is 21.6 Å². The number of rotatable bonds is 3. The minimum atomic E-state index is -5.32. The number of nitrogens with one attached hydrogen (secondary N) is 1. The summed E-state index contributed by atoms with van der Waals surface area (Å²) >= 11 is 0. The maximum atomic E-state index is 12.5. The van der Waals surface area contributed by atoms with E-state index in [0.29, 0.717) is 11.4 Å². The molecule has 0 aliphatic heterocycles. The number of aromatic amines is 1. The number of sulfone groups is 1. The molecule has 3 aromatic rings. The van der Waals surface area contributed by atoms with E-state index in [2.05, 4.69) is 9.97 Å². The van der Waals surface area contributed by atoms with Gasteiger partial charge in [-0.2, -0.15) is 13.2 Å². The Morgan fingerprint density at radius 2 is 1.62 bits per heavy atom. The fraction of sp³-hybridized carbons (Fsp3) is 0.0625. The van der Waals surface area contributed by atoms with E-state index in [0.717, 1.165) is 23.2 Å². The first-order chi connectivity index (χ1) is 11.3. The third kappa shape index (κ3) is 3.05. The first-order valence-corrected chi connectivity index (χ1v) is 8.30. The molecule has 1 aromatic heterocycles. The van der Waals surface area contributed by atoms with Gasteiger partial charge in [-0.25, -0.2) is 13.4 Å². The topological polar surface area (TPSA) is 62.8 Å². The SMILES string of the molecule is O=S(=O)(c1ccc(C=Cc2nc3ccccc3[nH]2)cc1)C(F)(F)F. The largest absolute Gasteiger partial charge is 0.501 e. The molecule has 0 atom stereocenters. The van der Waals surface area contributed by atoms with Crippen LogP contribution in [0.4, 0.5) is 13.2 Å². The highest BCUT2D eigenvalue weighted by Gasteiger charge is 2.46. The van der Waals surface area contributed by atoms with Crippen LogP contribution in [0.1, 0.15) is 11.4 Å². The van der Waals surface area contributed by atoms with Crippen molar-refractivity contribution in [3.8, 4) is 0 Å². The number of benzene rings is 2. The zero-order valence-corrected chi connectivity index (χ0v) is 12.9. The maximum absolute atomic E-state index is 12.5. The summed E-state index contributed by atoms with van der Waals surface area (Å²) in [5, 5.41) is 0. The second-order valence-corrected chi connectivity index (χ2v) is 6.93. The van der Waals surface area contributed by atoms with Gasteiger partial charge >= 0.3 is 5.51 Å². The number of H-pyrrole nitrogens is 1. The lowest BCUT2D eigenvalue weighted by Crippen LogP contribution is -2.23. The van der Waals surface area contributed by atoms with Crippen molar-refractivity contribution in [1.29, 1.82) is 0 Å². The minimum absolute atomic E-state index is 0.552. The van der Waals surface area contributed by atoms with Crippen LogP contribution in [0.3, 0.4) is 0 Å². The van der Waals surface area contributed by atoms with E-state index in [1.165, 1.54) is 12.1 Å². The third-order valence-corrected chi connectivity index (χ3v) is 4.84. The van der Waals surface area contributed by atoms with Gasteiger partial charge < -0.3 is 4.98 Å². The summed E-state index contributed by atoms with van der Waals surface area (Å²) in [4.78, 5) is 6.63. The van der Waals surface area contributed by atoms with E-state index >= 15 is 0 Å². The summed E-state index contributed by atoms with van der Waals surface area (Å²) in [6.45, 7) is 0. The number of fused-ring (bicyclic) bond motifs is 1. The third-order valence-electron chi connectivity index (χ3n) is 3.34. The van der Waals surface area contributed by atoms with Crippen molar-refractivity contribution >= 4 is 33.0 Å². The second-order valence-electron chi connectivity index (χ2n) is 4.99. The van der Waals surface area contributed by atoms with Crippen molar-refractivity contribution < 1.29 is 21.6 Å². The molecule has 0 unspecified atom stereocenters. The zero-order chi connectivity index (χ0) is 17.4. The number of hydrogen-bond acceptors (Lipinski definition) is 3. The van der Waals surface area contributed by atoms with Crippen LogP contribution in [-0.4, -0.2) is 23.9 Å². The summed E-state index contributed by atoms with van der Waals surface area (Å²) in [6, 6.07) is 11.9. The van der Waals surface area contributed by atoms with E-state index in [4.69, 9.17) is 0 Å². The van der Waals surface area contributed by atoms with Crippen LogP contribution in [0.15, 0.2) is 53.4 Å². The summed E-state index contributed by atoms with van der Waals surface area (Å²) in [7, 11) is -5.32. The number of para-hydroxylation sites is 2. The highest BCUT2D eigenvalue weighted by Crippen LogP contribution is 2.30. The van der Waals surface area contributed by atoms with Gasteiger partial charge in [0.05, 0.1) is 15.9 Å². The van der Waals surface area contributed by atoms with Crippen LogP contribution in [0, 0.1) is 0 Å². The molecule has 0 fully saturated rings. The number of halogens is 3. The molecule has 4 nitrogen and oxygen atoms in total. The lowest BCUT2D eigenvalue weighted by molar-refractivity contribution is -0.0436. The lowest BCUT2D eigenvalue weighted by atomic mass is 10.2. The molecule has 0 aliphatic rings. The zero-order valence-electron chi connectivity index (χ0n) is 12.1. The number of imidazole rings is 1. The first kappa shape index (κ1) is 16.3. The Bertz CT molecular complexity index is 971. The molecular formula is C16H11F3N2O2S. The number of nitrogens with zero attached hydrogens (tertiary/aromatic N) is 1. The van der Waals surface area contributed by atoms with E-state index in [1.54, 1.807) is 12.2 Å². The molecule has 0 spiro atoms. The normalized spacial score (nSPS) is 13.0. The van der Waals surface area contributed by atoms with Gasteiger partial charge in [0.15, 0.2) is 0 Å². The molecule has 1 heterocycles. The Morgan fingerprint density at radius 1 is 0.958 bits per heavy atom.